The van der Waals surface area contributed by atoms with Crippen LogP contribution in [0.25, 0.3) is 0 Å². The van der Waals surface area contributed by atoms with Gasteiger partial charge in [0.2, 0.25) is 10.0 Å². The van der Waals surface area contributed by atoms with Crippen molar-refractivity contribution in [1.82, 2.24) is 4.31 Å². The average Bonchev–Trinajstić information content (AvgIpc) is 3.01. The van der Waals surface area contributed by atoms with Crippen molar-refractivity contribution in [2.45, 2.75) is 30.2 Å². The van der Waals surface area contributed by atoms with Crippen LogP contribution in [0.5, 0.6) is 5.75 Å². The van der Waals surface area contributed by atoms with Gasteiger partial charge in [-0.05, 0) is 31.5 Å². The van der Waals surface area contributed by atoms with Gasteiger partial charge in [-0.15, -0.1) is 11.6 Å². The first-order chi connectivity index (χ1) is 10.0. The number of hydrogen-bond acceptors (Lipinski definition) is 4. The summed E-state index contributed by atoms with van der Waals surface area (Å²) < 4.78 is 37.4. The van der Waals surface area contributed by atoms with Crippen molar-refractivity contribution < 1.29 is 17.9 Å². The molecule has 21 heavy (non-hydrogen) atoms. The first-order valence-corrected chi connectivity index (χ1v) is 8.85. The number of sulfonamides is 1. The van der Waals surface area contributed by atoms with E-state index in [4.69, 9.17) is 21.1 Å². The highest BCUT2D eigenvalue weighted by Crippen LogP contribution is 2.27. The van der Waals surface area contributed by atoms with Gasteiger partial charge in [0.1, 0.15) is 5.75 Å². The lowest BCUT2D eigenvalue weighted by atomic mass is 10.2. The van der Waals surface area contributed by atoms with Gasteiger partial charge in [-0.2, -0.15) is 4.31 Å². The zero-order chi connectivity index (χ0) is 15.5. The lowest BCUT2D eigenvalue weighted by molar-refractivity contribution is 0.181. The Morgan fingerprint density at radius 2 is 2.24 bits per heavy atom. The molecule has 118 valence electrons. The van der Waals surface area contributed by atoms with Crippen molar-refractivity contribution in [3.63, 3.8) is 0 Å². The standard InChI is InChI=1S/C14H20ClNO4S/c1-3-20-14-5-4-13(8-11(14)9-15)21(17,18)16(2)12-6-7-19-10-12/h4-5,8,12H,3,6-7,9-10H2,1-2H3. The van der Waals surface area contributed by atoms with Crippen molar-refractivity contribution >= 4 is 21.6 Å². The van der Waals surface area contributed by atoms with Crippen molar-refractivity contribution in [3.8, 4) is 5.75 Å². The van der Waals surface area contributed by atoms with E-state index in [0.717, 1.165) is 6.42 Å². The largest absolute Gasteiger partial charge is 0.494 e. The highest BCUT2D eigenvalue weighted by atomic mass is 35.5. The molecule has 1 heterocycles. The average molecular weight is 334 g/mol. The second-order valence-electron chi connectivity index (χ2n) is 4.87. The minimum Gasteiger partial charge on any atom is -0.494 e. The molecule has 2 rings (SSSR count). The molecule has 0 amide bonds. The van der Waals surface area contributed by atoms with E-state index in [1.807, 2.05) is 6.92 Å². The molecule has 1 aromatic rings. The summed E-state index contributed by atoms with van der Waals surface area (Å²) >= 11 is 5.89. The van der Waals surface area contributed by atoms with Crippen molar-refractivity contribution in [2.75, 3.05) is 26.9 Å². The molecule has 0 saturated carbocycles. The third kappa shape index (κ3) is 3.51. The molecule has 0 radical (unpaired) electrons. The van der Waals surface area contributed by atoms with Crippen LogP contribution in [0, 0.1) is 0 Å². The quantitative estimate of drug-likeness (QED) is 0.749. The molecule has 0 N–H and O–H groups in total. The molecule has 1 aromatic carbocycles. The minimum atomic E-state index is -3.55. The van der Waals surface area contributed by atoms with Crippen LogP contribution in [0.4, 0.5) is 0 Å². The summed E-state index contributed by atoms with van der Waals surface area (Å²) in [5, 5.41) is 0. The molecule has 0 spiro atoms. The molecule has 5 nitrogen and oxygen atoms in total. The Bertz CT molecular complexity index is 585. The van der Waals surface area contributed by atoms with E-state index < -0.39 is 10.0 Å². The van der Waals surface area contributed by atoms with Crippen LogP contribution in [0.15, 0.2) is 23.1 Å². The summed E-state index contributed by atoms with van der Waals surface area (Å²) in [7, 11) is -1.96. The van der Waals surface area contributed by atoms with Gasteiger partial charge >= 0.3 is 0 Å². The predicted octanol–water partition coefficient (Wildman–Crippen LogP) is 2.23. The molecule has 0 bridgehead atoms. The van der Waals surface area contributed by atoms with Gasteiger partial charge in [-0.25, -0.2) is 8.42 Å². The topological polar surface area (TPSA) is 55.8 Å². The molecular formula is C14H20ClNO4S. The van der Waals surface area contributed by atoms with Crippen LogP contribution in [0.3, 0.4) is 0 Å². The normalized spacial score (nSPS) is 19.1. The van der Waals surface area contributed by atoms with Gasteiger partial charge in [-0.3, -0.25) is 0 Å². The predicted molar refractivity (Wildman–Crippen MR) is 81.3 cm³/mol. The highest BCUT2D eigenvalue weighted by molar-refractivity contribution is 7.89. The third-order valence-corrected chi connectivity index (χ3v) is 5.77. The monoisotopic (exact) mass is 333 g/mol. The van der Waals surface area contributed by atoms with Gasteiger partial charge in [-0.1, -0.05) is 0 Å². The Morgan fingerprint density at radius 3 is 2.81 bits per heavy atom. The van der Waals surface area contributed by atoms with Gasteiger partial charge < -0.3 is 9.47 Å². The first-order valence-electron chi connectivity index (χ1n) is 6.88. The second kappa shape index (κ2) is 6.96. The van der Waals surface area contributed by atoms with E-state index in [-0.39, 0.29) is 16.8 Å². The summed E-state index contributed by atoms with van der Waals surface area (Å²) in [5.74, 6) is 0.827. The van der Waals surface area contributed by atoms with Crippen molar-refractivity contribution in [3.05, 3.63) is 23.8 Å². The number of nitrogens with zero attached hydrogens (tertiary/aromatic N) is 1. The van der Waals surface area contributed by atoms with Crippen LogP contribution in [-0.2, 0) is 20.6 Å². The van der Waals surface area contributed by atoms with Crippen molar-refractivity contribution in [1.29, 1.82) is 0 Å². The zero-order valence-electron chi connectivity index (χ0n) is 12.2. The molecule has 1 unspecified atom stereocenters. The lowest BCUT2D eigenvalue weighted by Crippen LogP contribution is -2.37. The molecule has 7 heteroatoms. The van der Waals surface area contributed by atoms with Crippen LogP contribution in [0.1, 0.15) is 18.9 Å². The molecule has 1 fully saturated rings. The molecule has 1 aliphatic heterocycles. The Hall–Kier alpha value is -0.820. The van der Waals surface area contributed by atoms with Crippen LogP contribution < -0.4 is 4.74 Å². The van der Waals surface area contributed by atoms with E-state index in [2.05, 4.69) is 0 Å². The summed E-state index contributed by atoms with van der Waals surface area (Å²) in [5.41, 5.74) is 0.677. The fourth-order valence-corrected chi connectivity index (χ4v) is 3.92. The molecule has 1 aliphatic rings. The van der Waals surface area contributed by atoms with Gasteiger partial charge in [0.25, 0.3) is 0 Å². The van der Waals surface area contributed by atoms with E-state index in [1.54, 1.807) is 25.2 Å². The Kier molecular flexibility index (Phi) is 5.48. The fourth-order valence-electron chi connectivity index (χ4n) is 2.29. The SMILES string of the molecule is CCOc1ccc(S(=O)(=O)N(C)C2CCOC2)cc1CCl. The summed E-state index contributed by atoms with van der Waals surface area (Å²) in [4.78, 5) is 0.232. The molecule has 0 aliphatic carbocycles. The van der Waals surface area contributed by atoms with E-state index in [0.29, 0.717) is 31.1 Å². The number of likely N-dealkylation sites (N-methyl/N-ethyl adjacent to an activating group) is 1. The number of halogens is 1. The lowest BCUT2D eigenvalue weighted by Gasteiger charge is -2.23. The Balaban J connectivity index is 2.31. The maximum atomic E-state index is 12.6. The smallest absolute Gasteiger partial charge is 0.243 e. The Morgan fingerprint density at radius 1 is 1.48 bits per heavy atom. The van der Waals surface area contributed by atoms with Crippen LogP contribution >= 0.6 is 11.6 Å². The van der Waals surface area contributed by atoms with Gasteiger partial charge in [0, 0.05) is 19.2 Å². The molecule has 1 atom stereocenters. The summed E-state index contributed by atoms with van der Waals surface area (Å²) in [6.07, 6.45) is 0.717. The van der Waals surface area contributed by atoms with E-state index in [9.17, 15) is 8.42 Å². The number of alkyl halides is 1. The fraction of sp³-hybridized carbons (Fsp3) is 0.571. The van der Waals surface area contributed by atoms with Crippen molar-refractivity contribution in [2.24, 2.45) is 0 Å². The van der Waals surface area contributed by atoms with Gasteiger partial charge in [0.05, 0.1) is 30.0 Å². The maximum Gasteiger partial charge on any atom is 0.243 e. The molecular weight excluding hydrogens is 314 g/mol. The van der Waals surface area contributed by atoms with Crippen LogP contribution in [-0.4, -0.2) is 45.6 Å². The number of benzene rings is 1. The van der Waals surface area contributed by atoms with Crippen LogP contribution in [0.2, 0.25) is 0 Å². The number of hydrogen-bond donors (Lipinski definition) is 0. The Labute approximate surface area is 130 Å². The second-order valence-corrected chi connectivity index (χ2v) is 7.14. The van der Waals surface area contributed by atoms with E-state index >= 15 is 0 Å². The zero-order valence-corrected chi connectivity index (χ0v) is 13.8. The summed E-state index contributed by atoms with van der Waals surface area (Å²) in [6.45, 7) is 3.42. The van der Waals surface area contributed by atoms with Gasteiger partial charge in [0.15, 0.2) is 0 Å². The first kappa shape index (κ1) is 16.5. The minimum absolute atomic E-state index is 0.110. The highest BCUT2D eigenvalue weighted by Gasteiger charge is 2.31. The number of ether oxygens (including phenoxy) is 2. The third-order valence-electron chi connectivity index (χ3n) is 3.57. The summed E-state index contributed by atoms with van der Waals surface area (Å²) in [6, 6.07) is 4.69. The number of rotatable bonds is 6. The maximum absolute atomic E-state index is 12.6. The molecule has 1 saturated heterocycles. The molecule has 0 aromatic heterocycles. The van der Waals surface area contributed by atoms with E-state index in [1.165, 1.54) is 4.31 Å².